The predicted octanol–water partition coefficient (Wildman–Crippen LogP) is 2.41. The minimum absolute atomic E-state index is 0.0516. The van der Waals surface area contributed by atoms with Crippen LogP contribution in [0.4, 0.5) is 5.69 Å². The molecule has 2 unspecified atom stereocenters. The first kappa shape index (κ1) is 13.9. The van der Waals surface area contributed by atoms with Gasteiger partial charge in [0.1, 0.15) is 5.75 Å². The summed E-state index contributed by atoms with van der Waals surface area (Å²) in [6.45, 7) is 5.71. The molecule has 2 atom stereocenters. The Labute approximate surface area is 114 Å². The topological polar surface area (TPSA) is 50.4 Å². The number of benzene rings is 1. The average Bonchev–Trinajstić information content (AvgIpc) is 2.41. The highest BCUT2D eigenvalue weighted by molar-refractivity contribution is 5.94. The number of hydrogen-bond acceptors (Lipinski definition) is 3. The van der Waals surface area contributed by atoms with Gasteiger partial charge < -0.3 is 15.4 Å². The number of rotatable bonds is 4. The second kappa shape index (κ2) is 6.57. The van der Waals surface area contributed by atoms with Gasteiger partial charge in [0.2, 0.25) is 5.91 Å². The summed E-state index contributed by atoms with van der Waals surface area (Å²) in [5.74, 6) is 1.48. The summed E-state index contributed by atoms with van der Waals surface area (Å²) in [6, 6.07) is 7.41. The van der Waals surface area contributed by atoms with Gasteiger partial charge in [-0.1, -0.05) is 6.92 Å². The highest BCUT2D eigenvalue weighted by atomic mass is 16.5. The summed E-state index contributed by atoms with van der Waals surface area (Å²) in [7, 11) is 0. The van der Waals surface area contributed by atoms with Gasteiger partial charge in [-0.2, -0.15) is 0 Å². The quantitative estimate of drug-likeness (QED) is 0.876. The molecule has 4 heteroatoms. The molecule has 104 valence electrons. The number of carbonyl (C=O) groups excluding carboxylic acids is 1. The number of ether oxygens (including phenoxy) is 1. The van der Waals surface area contributed by atoms with Gasteiger partial charge in [0.25, 0.3) is 0 Å². The third-order valence-corrected chi connectivity index (χ3v) is 3.42. The SMILES string of the molecule is CCOc1ccc(NC(=O)C2CC(C)CCN2)cc1. The van der Waals surface area contributed by atoms with Crippen LogP contribution >= 0.6 is 0 Å². The van der Waals surface area contributed by atoms with Crippen LogP contribution in [0.15, 0.2) is 24.3 Å². The molecule has 0 spiro atoms. The molecule has 2 N–H and O–H groups in total. The van der Waals surface area contributed by atoms with Gasteiger partial charge in [0.05, 0.1) is 12.6 Å². The van der Waals surface area contributed by atoms with E-state index in [0.29, 0.717) is 12.5 Å². The maximum absolute atomic E-state index is 12.1. The Morgan fingerprint density at radius 1 is 1.42 bits per heavy atom. The van der Waals surface area contributed by atoms with Crippen molar-refractivity contribution in [2.75, 3.05) is 18.5 Å². The molecule has 1 aromatic carbocycles. The minimum atomic E-state index is -0.0738. The van der Waals surface area contributed by atoms with E-state index in [2.05, 4.69) is 17.6 Å². The molecule has 1 amide bonds. The van der Waals surface area contributed by atoms with Crippen LogP contribution in [-0.2, 0) is 4.79 Å². The number of piperidine rings is 1. The molecule has 0 aliphatic carbocycles. The first-order valence-electron chi connectivity index (χ1n) is 6.96. The van der Waals surface area contributed by atoms with Crippen molar-refractivity contribution in [2.24, 2.45) is 5.92 Å². The van der Waals surface area contributed by atoms with Gasteiger partial charge in [-0.3, -0.25) is 4.79 Å². The van der Waals surface area contributed by atoms with Crippen molar-refractivity contribution in [2.45, 2.75) is 32.7 Å². The molecule has 0 bridgehead atoms. The molecule has 0 aromatic heterocycles. The molecule has 1 aromatic rings. The molecular weight excluding hydrogens is 240 g/mol. The zero-order chi connectivity index (χ0) is 13.7. The number of carbonyl (C=O) groups is 1. The lowest BCUT2D eigenvalue weighted by Crippen LogP contribution is -2.45. The van der Waals surface area contributed by atoms with Crippen molar-refractivity contribution in [3.8, 4) is 5.75 Å². The average molecular weight is 262 g/mol. The highest BCUT2D eigenvalue weighted by Crippen LogP contribution is 2.18. The standard InChI is InChI=1S/C15H22N2O2/c1-3-19-13-6-4-12(5-7-13)17-15(18)14-10-11(2)8-9-16-14/h4-7,11,14,16H,3,8-10H2,1-2H3,(H,17,18). The van der Waals surface area contributed by atoms with E-state index >= 15 is 0 Å². The van der Waals surface area contributed by atoms with E-state index in [1.165, 1.54) is 0 Å². The third-order valence-electron chi connectivity index (χ3n) is 3.42. The Bertz CT molecular complexity index is 417. The smallest absolute Gasteiger partial charge is 0.241 e. The normalized spacial score (nSPS) is 22.8. The summed E-state index contributed by atoms with van der Waals surface area (Å²) in [4.78, 5) is 12.1. The maximum atomic E-state index is 12.1. The van der Waals surface area contributed by atoms with E-state index in [-0.39, 0.29) is 11.9 Å². The molecule has 0 saturated carbocycles. The molecule has 1 aliphatic heterocycles. The van der Waals surface area contributed by atoms with Crippen molar-refractivity contribution < 1.29 is 9.53 Å². The monoisotopic (exact) mass is 262 g/mol. The third kappa shape index (κ3) is 3.96. The molecule has 1 saturated heterocycles. The Morgan fingerprint density at radius 3 is 2.79 bits per heavy atom. The Balaban J connectivity index is 1.90. The van der Waals surface area contributed by atoms with Gasteiger partial charge in [0, 0.05) is 5.69 Å². The number of amides is 1. The highest BCUT2D eigenvalue weighted by Gasteiger charge is 2.24. The van der Waals surface area contributed by atoms with Crippen LogP contribution in [0.25, 0.3) is 0 Å². The number of hydrogen-bond donors (Lipinski definition) is 2. The van der Waals surface area contributed by atoms with E-state index in [0.717, 1.165) is 30.8 Å². The summed E-state index contributed by atoms with van der Waals surface area (Å²) in [6.07, 6.45) is 2.05. The molecule has 19 heavy (non-hydrogen) atoms. The molecule has 1 aliphatic rings. The lowest BCUT2D eigenvalue weighted by atomic mass is 9.94. The number of nitrogens with one attached hydrogen (secondary N) is 2. The van der Waals surface area contributed by atoms with Crippen LogP contribution in [0.3, 0.4) is 0 Å². The van der Waals surface area contributed by atoms with E-state index in [4.69, 9.17) is 4.74 Å². The van der Waals surface area contributed by atoms with Crippen LogP contribution < -0.4 is 15.4 Å². The van der Waals surface area contributed by atoms with E-state index in [1.807, 2.05) is 31.2 Å². The Hall–Kier alpha value is -1.55. The molecule has 1 fully saturated rings. The van der Waals surface area contributed by atoms with Crippen LogP contribution in [0.2, 0.25) is 0 Å². The second-order valence-corrected chi connectivity index (χ2v) is 5.08. The molecular formula is C15H22N2O2. The first-order chi connectivity index (χ1) is 9.19. The number of anilines is 1. The van der Waals surface area contributed by atoms with E-state index < -0.39 is 0 Å². The second-order valence-electron chi connectivity index (χ2n) is 5.08. The van der Waals surface area contributed by atoms with E-state index in [1.54, 1.807) is 0 Å². The van der Waals surface area contributed by atoms with Crippen LogP contribution in [-0.4, -0.2) is 25.1 Å². The maximum Gasteiger partial charge on any atom is 0.241 e. The van der Waals surface area contributed by atoms with Crippen molar-refractivity contribution in [3.63, 3.8) is 0 Å². The first-order valence-corrected chi connectivity index (χ1v) is 6.96. The summed E-state index contributed by atoms with van der Waals surface area (Å²) < 4.78 is 5.37. The summed E-state index contributed by atoms with van der Waals surface area (Å²) in [5.41, 5.74) is 0.813. The van der Waals surface area contributed by atoms with Crippen molar-refractivity contribution in [1.29, 1.82) is 0 Å². The van der Waals surface area contributed by atoms with Gasteiger partial charge in [-0.15, -0.1) is 0 Å². The minimum Gasteiger partial charge on any atom is -0.494 e. The van der Waals surface area contributed by atoms with Crippen molar-refractivity contribution in [1.82, 2.24) is 5.32 Å². The largest absolute Gasteiger partial charge is 0.494 e. The predicted molar refractivity (Wildman–Crippen MR) is 76.4 cm³/mol. The molecule has 2 rings (SSSR count). The van der Waals surface area contributed by atoms with Gasteiger partial charge >= 0.3 is 0 Å². The van der Waals surface area contributed by atoms with Gasteiger partial charge in [-0.05, 0) is 56.5 Å². The van der Waals surface area contributed by atoms with Gasteiger partial charge in [-0.25, -0.2) is 0 Å². The zero-order valence-corrected chi connectivity index (χ0v) is 11.6. The lowest BCUT2D eigenvalue weighted by molar-refractivity contribution is -0.119. The molecule has 0 radical (unpaired) electrons. The van der Waals surface area contributed by atoms with Crippen molar-refractivity contribution in [3.05, 3.63) is 24.3 Å². The fraction of sp³-hybridized carbons (Fsp3) is 0.533. The molecule has 1 heterocycles. The Morgan fingerprint density at radius 2 is 2.16 bits per heavy atom. The Kier molecular flexibility index (Phi) is 4.80. The summed E-state index contributed by atoms with van der Waals surface area (Å²) in [5, 5.41) is 6.21. The lowest BCUT2D eigenvalue weighted by Gasteiger charge is -2.27. The van der Waals surface area contributed by atoms with E-state index in [9.17, 15) is 4.79 Å². The van der Waals surface area contributed by atoms with Crippen molar-refractivity contribution >= 4 is 11.6 Å². The fourth-order valence-corrected chi connectivity index (χ4v) is 2.34. The van der Waals surface area contributed by atoms with Crippen LogP contribution in [0.1, 0.15) is 26.7 Å². The zero-order valence-electron chi connectivity index (χ0n) is 11.6. The van der Waals surface area contributed by atoms with Crippen LogP contribution in [0.5, 0.6) is 5.75 Å². The van der Waals surface area contributed by atoms with Gasteiger partial charge in [0.15, 0.2) is 0 Å². The fourth-order valence-electron chi connectivity index (χ4n) is 2.34. The van der Waals surface area contributed by atoms with Crippen LogP contribution in [0, 0.1) is 5.92 Å². The summed E-state index contributed by atoms with van der Waals surface area (Å²) >= 11 is 0. The molecule has 4 nitrogen and oxygen atoms in total.